The number of hydrogen-bond acceptors (Lipinski definition) is 4. The molecule has 90 valence electrons. The van der Waals surface area contributed by atoms with Gasteiger partial charge in [-0.15, -0.1) is 0 Å². The van der Waals surface area contributed by atoms with Crippen molar-refractivity contribution in [3.8, 4) is 0 Å². The van der Waals surface area contributed by atoms with Gasteiger partial charge in [-0.3, -0.25) is 4.98 Å². The number of anilines is 2. The largest absolute Gasteiger partial charge is 0.399 e. The van der Waals surface area contributed by atoms with Gasteiger partial charge in [-0.1, -0.05) is 6.92 Å². The van der Waals surface area contributed by atoms with E-state index in [1.807, 2.05) is 31.2 Å². The summed E-state index contributed by atoms with van der Waals surface area (Å²) in [6.07, 6.45) is 1.76. The number of nitrogens with zero attached hydrogens (tertiary/aromatic N) is 1. The molecule has 1 heterocycles. The minimum Gasteiger partial charge on any atom is -0.399 e. The van der Waals surface area contributed by atoms with Crippen molar-refractivity contribution in [3.63, 3.8) is 0 Å². The second-order valence-electron chi connectivity index (χ2n) is 4.30. The first-order valence-electron chi connectivity index (χ1n) is 5.69. The van der Waals surface area contributed by atoms with Crippen molar-refractivity contribution < 1.29 is 5.11 Å². The van der Waals surface area contributed by atoms with Gasteiger partial charge in [0, 0.05) is 36.1 Å². The monoisotopic (exact) mass is 231 g/mol. The Hall–Kier alpha value is -1.81. The molecule has 4 heteroatoms. The Morgan fingerprint density at radius 1 is 1.41 bits per heavy atom. The topological polar surface area (TPSA) is 71.2 Å². The minimum absolute atomic E-state index is 0.183. The number of pyridine rings is 1. The van der Waals surface area contributed by atoms with Gasteiger partial charge in [-0.2, -0.15) is 0 Å². The van der Waals surface area contributed by atoms with Gasteiger partial charge >= 0.3 is 0 Å². The summed E-state index contributed by atoms with van der Waals surface area (Å²) in [5, 5.41) is 13.4. The highest BCUT2D eigenvalue weighted by molar-refractivity contribution is 5.92. The lowest BCUT2D eigenvalue weighted by Gasteiger charge is -2.12. The Kier molecular flexibility index (Phi) is 3.44. The van der Waals surface area contributed by atoms with Crippen LogP contribution in [0.25, 0.3) is 10.9 Å². The van der Waals surface area contributed by atoms with Gasteiger partial charge in [-0.05, 0) is 30.2 Å². The third-order valence-corrected chi connectivity index (χ3v) is 2.72. The molecule has 0 saturated carbocycles. The number of nitrogen functional groups attached to an aromatic ring is 1. The van der Waals surface area contributed by atoms with Crippen LogP contribution in [0, 0.1) is 5.92 Å². The number of hydrogen-bond donors (Lipinski definition) is 3. The minimum atomic E-state index is 0.183. The van der Waals surface area contributed by atoms with Crippen LogP contribution in [0.5, 0.6) is 0 Å². The van der Waals surface area contributed by atoms with E-state index in [1.165, 1.54) is 0 Å². The predicted octanol–water partition coefficient (Wildman–Crippen LogP) is 1.86. The SMILES string of the molecule is CC(CO)CNc1ccnc2cc(N)ccc12. The van der Waals surface area contributed by atoms with Crippen LogP contribution >= 0.6 is 0 Å². The molecule has 0 aliphatic heterocycles. The number of aliphatic hydroxyl groups excluding tert-OH is 1. The number of aromatic nitrogens is 1. The van der Waals surface area contributed by atoms with E-state index in [0.717, 1.165) is 23.1 Å². The van der Waals surface area contributed by atoms with Crippen molar-refractivity contribution in [2.45, 2.75) is 6.92 Å². The average Bonchev–Trinajstić information content (AvgIpc) is 2.35. The first-order chi connectivity index (χ1) is 8.20. The molecule has 1 unspecified atom stereocenters. The summed E-state index contributed by atoms with van der Waals surface area (Å²) in [5.41, 5.74) is 8.34. The van der Waals surface area contributed by atoms with Gasteiger partial charge in [0.2, 0.25) is 0 Å². The van der Waals surface area contributed by atoms with Gasteiger partial charge in [0.1, 0.15) is 0 Å². The molecule has 0 amide bonds. The number of nitrogens with two attached hydrogens (primary N) is 1. The van der Waals surface area contributed by atoms with Crippen molar-refractivity contribution in [1.29, 1.82) is 0 Å². The first kappa shape index (κ1) is 11.7. The molecule has 0 spiro atoms. The standard InChI is InChI=1S/C13H17N3O/c1-9(8-17)7-16-12-4-5-15-13-6-10(14)2-3-11(12)13/h2-6,9,17H,7-8,14H2,1H3,(H,15,16). The molecule has 2 rings (SSSR count). The molecule has 2 aromatic rings. The molecule has 17 heavy (non-hydrogen) atoms. The summed E-state index contributed by atoms with van der Waals surface area (Å²) >= 11 is 0. The molecule has 4 nitrogen and oxygen atoms in total. The van der Waals surface area contributed by atoms with Gasteiger partial charge < -0.3 is 16.2 Å². The lowest BCUT2D eigenvalue weighted by molar-refractivity contribution is 0.244. The molecule has 0 fully saturated rings. The van der Waals surface area contributed by atoms with E-state index in [2.05, 4.69) is 10.3 Å². The molecule has 1 aromatic carbocycles. The molecule has 0 saturated heterocycles. The fourth-order valence-electron chi connectivity index (χ4n) is 1.67. The molecule has 1 atom stereocenters. The van der Waals surface area contributed by atoms with Crippen molar-refractivity contribution >= 4 is 22.3 Å². The summed E-state index contributed by atoms with van der Waals surface area (Å²) in [5.74, 6) is 0.229. The number of benzene rings is 1. The van der Waals surface area contributed by atoms with E-state index in [4.69, 9.17) is 10.8 Å². The summed E-state index contributed by atoms with van der Waals surface area (Å²) in [6.45, 7) is 2.91. The Labute approximate surface area is 100 Å². The smallest absolute Gasteiger partial charge is 0.0743 e. The van der Waals surface area contributed by atoms with Crippen LogP contribution < -0.4 is 11.1 Å². The normalized spacial score (nSPS) is 12.6. The fraction of sp³-hybridized carbons (Fsp3) is 0.308. The fourth-order valence-corrected chi connectivity index (χ4v) is 1.67. The van der Waals surface area contributed by atoms with Crippen LogP contribution in [-0.4, -0.2) is 23.2 Å². The zero-order chi connectivity index (χ0) is 12.3. The van der Waals surface area contributed by atoms with E-state index in [-0.39, 0.29) is 12.5 Å². The summed E-state index contributed by atoms with van der Waals surface area (Å²) in [6, 6.07) is 7.62. The zero-order valence-corrected chi connectivity index (χ0v) is 9.85. The van der Waals surface area contributed by atoms with Crippen molar-refractivity contribution in [2.75, 3.05) is 24.2 Å². The highest BCUT2D eigenvalue weighted by atomic mass is 16.3. The quantitative estimate of drug-likeness (QED) is 0.702. The Morgan fingerprint density at radius 2 is 2.24 bits per heavy atom. The zero-order valence-electron chi connectivity index (χ0n) is 9.85. The molecule has 0 aliphatic carbocycles. The van der Waals surface area contributed by atoms with Crippen LogP contribution in [0.4, 0.5) is 11.4 Å². The summed E-state index contributed by atoms with van der Waals surface area (Å²) in [4.78, 5) is 4.28. The van der Waals surface area contributed by atoms with Gasteiger partial charge in [0.25, 0.3) is 0 Å². The molecule has 0 bridgehead atoms. The second kappa shape index (κ2) is 5.01. The molecule has 0 radical (unpaired) electrons. The van der Waals surface area contributed by atoms with Crippen LogP contribution in [0.2, 0.25) is 0 Å². The molecule has 4 N–H and O–H groups in total. The van der Waals surface area contributed by atoms with E-state index in [0.29, 0.717) is 5.69 Å². The van der Waals surface area contributed by atoms with Crippen LogP contribution in [0.1, 0.15) is 6.92 Å². The van der Waals surface area contributed by atoms with Gasteiger partial charge in [0.05, 0.1) is 5.52 Å². The number of aliphatic hydroxyl groups is 1. The number of nitrogens with one attached hydrogen (secondary N) is 1. The average molecular weight is 231 g/mol. The Bertz CT molecular complexity index is 513. The van der Waals surface area contributed by atoms with Crippen molar-refractivity contribution in [2.24, 2.45) is 5.92 Å². The maximum absolute atomic E-state index is 8.99. The lowest BCUT2D eigenvalue weighted by Crippen LogP contribution is -2.14. The van der Waals surface area contributed by atoms with E-state index >= 15 is 0 Å². The molecule has 0 aliphatic rings. The third-order valence-electron chi connectivity index (χ3n) is 2.72. The maximum Gasteiger partial charge on any atom is 0.0743 e. The van der Waals surface area contributed by atoms with Gasteiger partial charge in [0.15, 0.2) is 0 Å². The molecule has 1 aromatic heterocycles. The lowest BCUT2D eigenvalue weighted by atomic mass is 10.1. The molecular formula is C13H17N3O. The van der Waals surface area contributed by atoms with E-state index in [1.54, 1.807) is 6.20 Å². The Morgan fingerprint density at radius 3 is 3.00 bits per heavy atom. The maximum atomic E-state index is 8.99. The summed E-state index contributed by atoms with van der Waals surface area (Å²) in [7, 11) is 0. The van der Waals surface area contributed by atoms with Gasteiger partial charge in [-0.25, -0.2) is 0 Å². The highest BCUT2D eigenvalue weighted by Crippen LogP contribution is 2.23. The first-order valence-corrected chi connectivity index (χ1v) is 5.69. The van der Waals surface area contributed by atoms with E-state index < -0.39 is 0 Å². The predicted molar refractivity (Wildman–Crippen MR) is 70.9 cm³/mol. The summed E-state index contributed by atoms with van der Waals surface area (Å²) < 4.78 is 0. The van der Waals surface area contributed by atoms with Crippen molar-refractivity contribution in [3.05, 3.63) is 30.5 Å². The second-order valence-corrected chi connectivity index (χ2v) is 4.30. The Balaban J connectivity index is 2.28. The van der Waals surface area contributed by atoms with E-state index in [9.17, 15) is 0 Å². The number of fused-ring (bicyclic) bond motifs is 1. The number of rotatable bonds is 4. The van der Waals surface area contributed by atoms with Crippen LogP contribution in [0.3, 0.4) is 0 Å². The van der Waals surface area contributed by atoms with Crippen molar-refractivity contribution in [1.82, 2.24) is 4.98 Å². The third kappa shape index (κ3) is 2.65. The van der Waals surface area contributed by atoms with Crippen LogP contribution in [-0.2, 0) is 0 Å². The molecular weight excluding hydrogens is 214 g/mol. The highest BCUT2D eigenvalue weighted by Gasteiger charge is 2.04. The van der Waals surface area contributed by atoms with Crippen LogP contribution in [0.15, 0.2) is 30.5 Å².